The third-order valence-electron chi connectivity index (χ3n) is 5.64. The predicted molar refractivity (Wildman–Crippen MR) is 108 cm³/mol. The number of nitrogens with one attached hydrogen (secondary N) is 1. The van der Waals surface area contributed by atoms with Crippen molar-refractivity contribution in [3.05, 3.63) is 37.1 Å². The Labute approximate surface area is 179 Å². The second-order valence-corrected chi connectivity index (χ2v) is 8.20. The number of alkyl halides is 3. The molecule has 4 aromatic rings. The highest BCUT2D eigenvalue weighted by molar-refractivity contribution is 5.84. The van der Waals surface area contributed by atoms with Crippen LogP contribution in [0.4, 0.5) is 19.1 Å². The molecule has 12 heteroatoms. The van der Waals surface area contributed by atoms with Gasteiger partial charge in [0.25, 0.3) is 5.88 Å². The quantitative estimate of drug-likeness (QED) is 0.494. The van der Waals surface area contributed by atoms with Gasteiger partial charge in [-0.25, -0.2) is 14.5 Å². The molecular formula is C20H20F3N7O2. The maximum absolute atomic E-state index is 13.2. The van der Waals surface area contributed by atoms with E-state index in [9.17, 15) is 18.3 Å². The molecule has 1 fully saturated rings. The molecule has 0 atom stereocenters. The summed E-state index contributed by atoms with van der Waals surface area (Å²) < 4.78 is 46.8. The molecule has 168 valence electrons. The normalized spacial score (nSPS) is 21.8. The Morgan fingerprint density at radius 1 is 1.22 bits per heavy atom. The molecule has 1 saturated carbocycles. The Balaban J connectivity index is 1.54. The maximum Gasteiger partial charge on any atom is 0.574 e. The van der Waals surface area contributed by atoms with Gasteiger partial charge in [0, 0.05) is 48.2 Å². The van der Waals surface area contributed by atoms with E-state index in [2.05, 4.69) is 30.1 Å². The van der Waals surface area contributed by atoms with E-state index in [1.165, 1.54) is 10.7 Å². The summed E-state index contributed by atoms with van der Waals surface area (Å²) in [7, 11) is 0. The SMILES string of the molecule is CC1(O)CCC(Nc2nc(OC(F)(F)F)c3c(-c4cnc5nccn5c4)ccn3n2)CC1. The van der Waals surface area contributed by atoms with Crippen molar-refractivity contribution in [3.63, 3.8) is 0 Å². The monoisotopic (exact) mass is 447 g/mol. The van der Waals surface area contributed by atoms with Crippen LogP contribution in [0, 0.1) is 0 Å². The molecule has 0 amide bonds. The number of halogens is 3. The van der Waals surface area contributed by atoms with Gasteiger partial charge in [-0.3, -0.25) is 4.40 Å². The van der Waals surface area contributed by atoms with Gasteiger partial charge in [-0.05, 0) is 38.7 Å². The zero-order valence-corrected chi connectivity index (χ0v) is 17.0. The summed E-state index contributed by atoms with van der Waals surface area (Å²) in [4.78, 5) is 12.3. The van der Waals surface area contributed by atoms with E-state index in [4.69, 9.17) is 0 Å². The van der Waals surface area contributed by atoms with Crippen LogP contribution in [0.1, 0.15) is 32.6 Å². The van der Waals surface area contributed by atoms with Gasteiger partial charge in [0.15, 0.2) is 0 Å². The number of rotatable bonds is 4. The molecular weight excluding hydrogens is 427 g/mol. The average Bonchev–Trinajstić information content (AvgIpc) is 3.34. The van der Waals surface area contributed by atoms with Crippen LogP contribution in [0.25, 0.3) is 22.4 Å². The summed E-state index contributed by atoms with van der Waals surface area (Å²) in [5.74, 6) is -0.115. The van der Waals surface area contributed by atoms with Crippen LogP contribution >= 0.6 is 0 Å². The minimum absolute atomic E-state index is 0.0219. The van der Waals surface area contributed by atoms with Gasteiger partial charge >= 0.3 is 6.36 Å². The van der Waals surface area contributed by atoms with E-state index in [-0.39, 0.29) is 17.5 Å². The van der Waals surface area contributed by atoms with Crippen LogP contribution in [-0.2, 0) is 0 Å². The summed E-state index contributed by atoms with van der Waals surface area (Å²) in [6.07, 6.45) is 5.58. The Kier molecular flexibility index (Phi) is 4.69. The number of aromatic nitrogens is 6. The lowest BCUT2D eigenvalue weighted by atomic mass is 9.84. The molecule has 2 N–H and O–H groups in total. The van der Waals surface area contributed by atoms with Gasteiger partial charge in [-0.15, -0.1) is 18.3 Å². The minimum atomic E-state index is -4.93. The smallest absolute Gasteiger partial charge is 0.390 e. The average molecular weight is 447 g/mol. The maximum atomic E-state index is 13.2. The fraction of sp³-hybridized carbons (Fsp3) is 0.400. The van der Waals surface area contributed by atoms with Gasteiger partial charge in [0.05, 0.1) is 5.60 Å². The highest BCUT2D eigenvalue weighted by Crippen LogP contribution is 2.35. The van der Waals surface area contributed by atoms with Crippen molar-refractivity contribution in [2.24, 2.45) is 0 Å². The van der Waals surface area contributed by atoms with Crippen molar-refractivity contribution in [2.75, 3.05) is 5.32 Å². The molecule has 4 aromatic heterocycles. The van der Waals surface area contributed by atoms with Crippen molar-refractivity contribution in [3.8, 4) is 17.0 Å². The van der Waals surface area contributed by atoms with Crippen LogP contribution in [0.2, 0.25) is 0 Å². The van der Waals surface area contributed by atoms with E-state index >= 15 is 0 Å². The molecule has 1 aliphatic rings. The van der Waals surface area contributed by atoms with E-state index < -0.39 is 17.8 Å². The highest BCUT2D eigenvalue weighted by Gasteiger charge is 2.34. The Morgan fingerprint density at radius 2 is 2.00 bits per heavy atom. The summed E-state index contributed by atoms with van der Waals surface area (Å²) in [5.41, 5.74) is 0.338. The van der Waals surface area contributed by atoms with Crippen molar-refractivity contribution in [2.45, 2.75) is 50.6 Å². The van der Waals surface area contributed by atoms with Gasteiger partial charge < -0.3 is 15.2 Å². The minimum Gasteiger partial charge on any atom is -0.390 e. The largest absolute Gasteiger partial charge is 0.574 e. The summed E-state index contributed by atoms with van der Waals surface area (Å²) >= 11 is 0. The van der Waals surface area contributed by atoms with Crippen molar-refractivity contribution in [1.29, 1.82) is 0 Å². The first kappa shape index (κ1) is 20.5. The zero-order valence-electron chi connectivity index (χ0n) is 17.0. The van der Waals surface area contributed by atoms with E-state index in [1.54, 1.807) is 42.2 Å². The molecule has 1 aliphatic carbocycles. The van der Waals surface area contributed by atoms with Crippen molar-refractivity contribution in [1.82, 2.24) is 29.0 Å². The number of anilines is 1. The van der Waals surface area contributed by atoms with Crippen molar-refractivity contribution >= 4 is 17.2 Å². The Hall–Kier alpha value is -3.41. The molecule has 0 aromatic carbocycles. The molecule has 0 radical (unpaired) electrons. The Bertz CT molecular complexity index is 1270. The van der Waals surface area contributed by atoms with Crippen LogP contribution in [0.15, 0.2) is 37.1 Å². The lowest BCUT2D eigenvalue weighted by Crippen LogP contribution is -2.36. The zero-order chi connectivity index (χ0) is 22.5. The molecule has 4 heterocycles. The van der Waals surface area contributed by atoms with Crippen LogP contribution in [0.3, 0.4) is 0 Å². The predicted octanol–water partition coefficient (Wildman–Crippen LogP) is 3.44. The van der Waals surface area contributed by atoms with Crippen molar-refractivity contribution < 1.29 is 23.0 Å². The van der Waals surface area contributed by atoms with Gasteiger partial charge in [0.2, 0.25) is 11.7 Å². The summed E-state index contributed by atoms with van der Waals surface area (Å²) in [5, 5.41) is 17.5. The molecule has 0 aliphatic heterocycles. The summed E-state index contributed by atoms with van der Waals surface area (Å²) in [6, 6.07) is 1.57. The fourth-order valence-electron chi connectivity index (χ4n) is 3.99. The van der Waals surface area contributed by atoms with E-state index in [0.717, 1.165) is 0 Å². The second kappa shape index (κ2) is 7.33. The first-order chi connectivity index (χ1) is 15.2. The lowest BCUT2D eigenvalue weighted by molar-refractivity contribution is -0.275. The number of hydrogen-bond donors (Lipinski definition) is 2. The van der Waals surface area contributed by atoms with Gasteiger partial charge in [0.1, 0.15) is 5.52 Å². The standard InChI is InChI=1S/C20H20F3N7O2/c1-19(31)5-2-13(3-6-19)26-17-27-16(32-20(21,22)23)15-14(4-8-30(15)28-17)12-10-25-18-24-7-9-29(18)11-12/h4,7-11,13,31H,2-3,5-6H2,1H3,(H,26,28). The number of hydrogen-bond acceptors (Lipinski definition) is 7. The molecule has 0 bridgehead atoms. The van der Waals surface area contributed by atoms with Crippen LogP contribution in [0.5, 0.6) is 5.88 Å². The van der Waals surface area contributed by atoms with E-state index in [0.29, 0.717) is 42.6 Å². The first-order valence-electron chi connectivity index (χ1n) is 10.1. The number of aliphatic hydroxyl groups is 1. The molecule has 0 unspecified atom stereocenters. The first-order valence-corrected chi connectivity index (χ1v) is 10.1. The summed E-state index contributed by atoms with van der Waals surface area (Å²) in [6.45, 7) is 1.78. The van der Waals surface area contributed by atoms with Gasteiger partial charge in [-0.2, -0.15) is 4.98 Å². The van der Waals surface area contributed by atoms with Gasteiger partial charge in [-0.1, -0.05) is 0 Å². The third-order valence-corrected chi connectivity index (χ3v) is 5.64. The van der Waals surface area contributed by atoms with E-state index in [1.807, 2.05) is 0 Å². The van der Waals surface area contributed by atoms with Crippen LogP contribution in [-0.4, -0.2) is 52.1 Å². The third kappa shape index (κ3) is 4.05. The topological polar surface area (TPSA) is 102 Å². The second-order valence-electron chi connectivity index (χ2n) is 8.20. The fourth-order valence-corrected chi connectivity index (χ4v) is 3.99. The van der Waals surface area contributed by atoms with Crippen LogP contribution < -0.4 is 10.1 Å². The lowest BCUT2D eigenvalue weighted by Gasteiger charge is -2.33. The molecule has 0 saturated heterocycles. The molecule has 0 spiro atoms. The number of imidazole rings is 1. The Morgan fingerprint density at radius 3 is 2.75 bits per heavy atom. The highest BCUT2D eigenvalue weighted by atomic mass is 19.4. The molecule has 5 rings (SSSR count). The number of fused-ring (bicyclic) bond motifs is 2. The number of ether oxygens (including phenoxy) is 1. The molecule has 9 nitrogen and oxygen atoms in total. The molecule has 32 heavy (non-hydrogen) atoms. The number of nitrogens with zero attached hydrogens (tertiary/aromatic N) is 6.